The first-order valence-corrected chi connectivity index (χ1v) is 15.5. The number of anilines is 2. The summed E-state index contributed by atoms with van der Waals surface area (Å²) < 4.78 is 43.2. The number of rotatable bonds is 10. The Morgan fingerprint density at radius 1 is 1.07 bits per heavy atom. The maximum Gasteiger partial charge on any atom is 0.149 e. The first-order valence-electron chi connectivity index (χ1n) is 12.2. The van der Waals surface area contributed by atoms with Gasteiger partial charge in [-0.25, -0.2) is 27.8 Å². The summed E-state index contributed by atoms with van der Waals surface area (Å²) in [5.41, 5.74) is 9.82. The predicted molar refractivity (Wildman–Crippen MR) is 172 cm³/mol. The number of aromatic nitrogens is 3. The van der Waals surface area contributed by atoms with E-state index in [0.717, 1.165) is 32.9 Å². The van der Waals surface area contributed by atoms with Crippen LogP contribution in [0.5, 0.6) is 5.75 Å². The van der Waals surface area contributed by atoms with Crippen molar-refractivity contribution < 1.29 is 17.5 Å². The summed E-state index contributed by atoms with van der Waals surface area (Å²) >= 11 is 8.00. The number of hydrogen-bond donors (Lipinski definition) is 1. The van der Waals surface area contributed by atoms with Crippen LogP contribution < -0.4 is 15.4 Å². The fraction of sp³-hybridized carbons (Fsp3) is 0.179. The standard InChI is InChI=1S/C28H25ClFN5O3S2.2ClH/c1-40(36,37)10-9-35(21-6-8-26(23(29)13-21)38-15-18-3-2-4-20(30)11-18)14-27-34-25(16-39-27)19-5-7-24-22(12-19)28(31)33-17-32-24;;/h2-8,11-13,16-17H,9-10,14-15H2,1H3,(H2,31,32,33);2*1H. The zero-order chi connectivity index (χ0) is 28.3. The Balaban J connectivity index is 0.00000242. The smallest absolute Gasteiger partial charge is 0.149 e. The van der Waals surface area contributed by atoms with Crippen LogP contribution in [0.3, 0.4) is 0 Å². The Morgan fingerprint density at radius 3 is 2.62 bits per heavy atom. The summed E-state index contributed by atoms with van der Waals surface area (Å²) in [4.78, 5) is 15.0. The number of nitrogen functional groups attached to an aromatic ring is 1. The van der Waals surface area contributed by atoms with E-state index in [0.29, 0.717) is 28.7 Å². The van der Waals surface area contributed by atoms with Crippen molar-refractivity contribution >= 4 is 80.0 Å². The molecule has 5 aromatic rings. The van der Waals surface area contributed by atoms with E-state index in [1.165, 1.54) is 36.1 Å². The van der Waals surface area contributed by atoms with Gasteiger partial charge in [-0.05, 0) is 48.0 Å². The number of benzene rings is 3. The molecule has 0 aliphatic rings. The quantitative estimate of drug-likeness (QED) is 0.177. The van der Waals surface area contributed by atoms with Gasteiger partial charge in [0.1, 0.15) is 45.2 Å². The highest BCUT2D eigenvalue weighted by Gasteiger charge is 2.16. The predicted octanol–water partition coefficient (Wildman–Crippen LogP) is 6.60. The number of nitrogens with two attached hydrogens (primary N) is 1. The van der Waals surface area contributed by atoms with Gasteiger partial charge in [-0.3, -0.25) is 0 Å². The van der Waals surface area contributed by atoms with Crippen LogP contribution >= 0.6 is 47.8 Å². The van der Waals surface area contributed by atoms with E-state index in [-0.39, 0.29) is 49.5 Å². The van der Waals surface area contributed by atoms with Gasteiger partial charge >= 0.3 is 0 Å². The summed E-state index contributed by atoms with van der Waals surface area (Å²) in [5.74, 6) is 0.460. The molecule has 5 rings (SSSR count). The second-order valence-corrected chi connectivity index (χ2v) is 12.8. The molecule has 0 spiro atoms. The third kappa shape index (κ3) is 8.42. The van der Waals surface area contributed by atoms with Crippen molar-refractivity contribution in [2.24, 2.45) is 0 Å². The third-order valence-corrected chi connectivity index (χ3v) is 8.19. The molecule has 0 atom stereocenters. The monoisotopic (exact) mass is 669 g/mol. The van der Waals surface area contributed by atoms with Gasteiger partial charge in [0.2, 0.25) is 0 Å². The number of sulfone groups is 1. The van der Waals surface area contributed by atoms with E-state index in [1.807, 2.05) is 34.5 Å². The van der Waals surface area contributed by atoms with E-state index in [1.54, 1.807) is 24.3 Å². The van der Waals surface area contributed by atoms with Crippen molar-refractivity contribution in [3.63, 3.8) is 0 Å². The molecule has 0 saturated carbocycles. The normalized spacial score (nSPS) is 11.0. The van der Waals surface area contributed by atoms with Gasteiger partial charge in [0, 0.05) is 34.8 Å². The lowest BCUT2D eigenvalue weighted by Crippen LogP contribution is -2.28. The zero-order valence-electron chi connectivity index (χ0n) is 22.2. The minimum Gasteiger partial charge on any atom is -0.487 e. The summed E-state index contributed by atoms with van der Waals surface area (Å²) in [6, 6.07) is 17.1. The number of thiazole rings is 1. The Labute approximate surface area is 264 Å². The van der Waals surface area contributed by atoms with Crippen LogP contribution in [-0.4, -0.2) is 41.9 Å². The average Bonchev–Trinajstić information content (AvgIpc) is 3.39. The maximum absolute atomic E-state index is 13.5. The molecule has 14 heteroatoms. The van der Waals surface area contributed by atoms with Gasteiger partial charge < -0.3 is 15.4 Å². The molecule has 2 N–H and O–H groups in total. The molecule has 0 bridgehead atoms. The van der Waals surface area contributed by atoms with Crippen molar-refractivity contribution in [3.8, 4) is 17.0 Å². The minimum atomic E-state index is -3.21. The molecule has 0 amide bonds. The fourth-order valence-corrected chi connectivity index (χ4v) is 5.68. The molecule has 2 heterocycles. The molecule has 0 radical (unpaired) electrons. The van der Waals surface area contributed by atoms with Gasteiger partial charge in [0.05, 0.1) is 28.5 Å². The van der Waals surface area contributed by atoms with Crippen molar-refractivity contribution in [1.82, 2.24) is 15.0 Å². The molecule has 42 heavy (non-hydrogen) atoms. The van der Waals surface area contributed by atoms with E-state index < -0.39 is 9.84 Å². The Kier molecular flexibility index (Phi) is 11.3. The van der Waals surface area contributed by atoms with E-state index in [4.69, 9.17) is 27.1 Å². The Morgan fingerprint density at radius 2 is 1.88 bits per heavy atom. The van der Waals surface area contributed by atoms with Crippen LogP contribution in [0.4, 0.5) is 15.9 Å². The molecule has 8 nitrogen and oxygen atoms in total. The third-order valence-electron chi connectivity index (χ3n) is 6.14. The second-order valence-electron chi connectivity index (χ2n) is 9.20. The van der Waals surface area contributed by atoms with E-state index in [9.17, 15) is 12.8 Å². The highest BCUT2D eigenvalue weighted by atomic mass is 35.5. The topological polar surface area (TPSA) is 111 Å². The molecule has 222 valence electrons. The van der Waals surface area contributed by atoms with Crippen LogP contribution in [0.15, 0.2) is 72.4 Å². The lowest BCUT2D eigenvalue weighted by molar-refractivity contribution is 0.306. The first-order chi connectivity index (χ1) is 19.1. The summed E-state index contributed by atoms with van der Waals surface area (Å²) in [6.07, 6.45) is 2.64. The highest BCUT2D eigenvalue weighted by molar-refractivity contribution is 7.90. The van der Waals surface area contributed by atoms with Crippen LogP contribution in [0.25, 0.3) is 22.2 Å². The van der Waals surface area contributed by atoms with Gasteiger partial charge in [-0.1, -0.05) is 29.8 Å². The van der Waals surface area contributed by atoms with Gasteiger partial charge in [-0.2, -0.15) is 0 Å². The Hall–Kier alpha value is -3.22. The van der Waals surface area contributed by atoms with E-state index >= 15 is 0 Å². The number of ether oxygens (including phenoxy) is 1. The second kappa shape index (κ2) is 14.3. The largest absolute Gasteiger partial charge is 0.487 e. The average molecular weight is 671 g/mol. The molecule has 2 aromatic heterocycles. The SMILES string of the molecule is CS(=O)(=O)CCN(Cc1nc(-c2ccc3ncnc(N)c3c2)cs1)c1ccc(OCc2cccc(F)c2)c(Cl)c1.Cl.Cl. The van der Waals surface area contributed by atoms with Crippen LogP contribution in [-0.2, 0) is 23.0 Å². The molecule has 0 aliphatic carbocycles. The fourth-order valence-electron chi connectivity index (χ4n) is 4.08. The lowest BCUT2D eigenvalue weighted by atomic mass is 10.1. The van der Waals surface area contributed by atoms with Crippen molar-refractivity contribution in [2.75, 3.05) is 29.2 Å². The molecule has 0 unspecified atom stereocenters. The van der Waals surface area contributed by atoms with Crippen molar-refractivity contribution in [3.05, 3.63) is 93.8 Å². The number of fused-ring (bicyclic) bond motifs is 1. The van der Waals surface area contributed by atoms with Crippen molar-refractivity contribution in [2.45, 2.75) is 13.2 Å². The molecule has 0 aliphatic heterocycles. The Bertz CT molecular complexity index is 1790. The first kappa shape index (κ1) is 33.3. The summed E-state index contributed by atoms with van der Waals surface area (Å²) in [7, 11) is -3.21. The molecule has 0 saturated heterocycles. The van der Waals surface area contributed by atoms with Gasteiger partial charge in [0.25, 0.3) is 0 Å². The minimum absolute atomic E-state index is 0. The molecular formula is C28H27Cl3FN5O3S2. The van der Waals surface area contributed by atoms with Gasteiger partial charge in [-0.15, -0.1) is 36.2 Å². The lowest BCUT2D eigenvalue weighted by Gasteiger charge is -2.24. The summed E-state index contributed by atoms with van der Waals surface area (Å²) in [6.45, 7) is 0.777. The zero-order valence-corrected chi connectivity index (χ0v) is 26.3. The number of halogens is 4. The van der Waals surface area contributed by atoms with E-state index in [2.05, 4.69) is 9.97 Å². The van der Waals surface area contributed by atoms with Crippen LogP contribution in [0, 0.1) is 5.82 Å². The molecule has 0 fully saturated rings. The molecule has 3 aromatic carbocycles. The van der Waals surface area contributed by atoms with Crippen LogP contribution in [0.1, 0.15) is 10.6 Å². The van der Waals surface area contributed by atoms with Gasteiger partial charge in [0.15, 0.2) is 0 Å². The maximum atomic E-state index is 13.5. The van der Waals surface area contributed by atoms with Crippen molar-refractivity contribution in [1.29, 1.82) is 0 Å². The number of nitrogens with zero attached hydrogens (tertiary/aromatic N) is 4. The molecular weight excluding hydrogens is 644 g/mol. The van der Waals surface area contributed by atoms with Crippen LogP contribution in [0.2, 0.25) is 5.02 Å². The number of hydrogen-bond acceptors (Lipinski definition) is 9. The highest BCUT2D eigenvalue weighted by Crippen LogP contribution is 2.32. The summed E-state index contributed by atoms with van der Waals surface area (Å²) in [5, 5.41) is 3.85.